The van der Waals surface area contributed by atoms with Crippen molar-refractivity contribution in [3.63, 3.8) is 0 Å². The fraction of sp³-hybridized carbons (Fsp3) is 0.143. The van der Waals surface area contributed by atoms with E-state index in [-0.39, 0.29) is 0 Å². The molecule has 0 spiro atoms. The van der Waals surface area contributed by atoms with Crippen molar-refractivity contribution < 1.29 is 19.1 Å². The van der Waals surface area contributed by atoms with Gasteiger partial charge >= 0.3 is 11.9 Å². The second-order valence-electron chi connectivity index (χ2n) is 7.70. The number of carbonyl (C=O) groups is 2. The molecule has 3 aromatic carbocycles. The zero-order valence-electron chi connectivity index (χ0n) is 18.4. The highest BCUT2D eigenvalue weighted by Gasteiger charge is 2.07. The molecule has 4 heteroatoms. The third kappa shape index (κ3) is 6.29. The Bertz CT molecular complexity index is 1120. The van der Waals surface area contributed by atoms with Crippen molar-refractivity contribution in [3.8, 4) is 22.6 Å². The van der Waals surface area contributed by atoms with E-state index in [1.807, 2.05) is 24.3 Å². The Balaban J connectivity index is 1.55. The second-order valence-corrected chi connectivity index (χ2v) is 7.70. The number of ether oxygens (including phenoxy) is 2. The van der Waals surface area contributed by atoms with Gasteiger partial charge in [0.2, 0.25) is 0 Å². The number of esters is 2. The topological polar surface area (TPSA) is 52.6 Å². The van der Waals surface area contributed by atoms with Gasteiger partial charge in [-0.15, -0.1) is 0 Å². The number of rotatable bonds is 8. The van der Waals surface area contributed by atoms with Gasteiger partial charge < -0.3 is 9.47 Å². The van der Waals surface area contributed by atoms with Gasteiger partial charge in [-0.25, -0.2) is 9.59 Å². The Morgan fingerprint density at radius 1 is 0.594 bits per heavy atom. The van der Waals surface area contributed by atoms with Crippen LogP contribution in [0.15, 0.2) is 97.1 Å². The highest BCUT2D eigenvalue weighted by Crippen LogP contribution is 2.24. The minimum absolute atomic E-state index is 0.367. The predicted octanol–water partition coefficient (Wildman–Crippen LogP) is 6.10. The largest absolute Gasteiger partial charge is 0.423 e. The molecule has 0 aromatic heterocycles. The van der Waals surface area contributed by atoms with E-state index >= 15 is 0 Å². The number of hydrogen-bond donors (Lipinski definition) is 0. The minimum atomic E-state index is -0.426. The fourth-order valence-electron chi connectivity index (χ4n) is 2.98. The molecular formula is C28H26O4. The zero-order chi connectivity index (χ0) is 23.1. The van der Waals surface area contributed by atoms with Gasteiger partial charge in [0.05, 0.1) is 0 Å². The maximum absolute atomic E-state index is 11.6. The van der Waals surface area contributed by atoms with Gasteiger partial charge in [-0.1, -0.05) is 61.7 Å². The molecule has 0 saturated heterocycles. The van der Waals surface area contributed by atoms with Crippen LogP contribution < -0.4 is 9.47 Å². The molecule has 0 aliphatic rings. The summed E-state index contributed by atoms with van der Waals surface area (Å²) in [5, 5.41) is 0. The summed E-state index contributed by atoms with van der Waals surface area (Å²) in [6.07, 6.45) is 1.79. The standard InChI is InChI=1S/C28H26O4/c1-19(2)27(29)31-25-15-9-22(10-16-25)6-5-21-7-11-23(12-8-21)24-13-17-26(18-14-24)32-28(30)20(3)4/h7-18H,1,3,5-6H2,2,4H3. The van der Waals surface area contributed by atoms with Gasteiger partial charge in [0.1, 0.15) is 11.5 Å². The van der Waals surface area contributed by atoms with Crippen molar-refractivity contribution in [2.24, 2.45) is 0 Å². The van der Waals surface area contributed by atoms with Crippen LogP contribution in [0.25, 0.3) is 11.1 Å². The molecule has 0 N–H and O–H groups in total. The maximum atomic E-state index is 11.6. The van der Waals surface area contributed by atoms with Gasteiger partial charge in [0, 0.05) is 11.1 Å². The average molecular weight is 427 g/mol. The van der Waals surface area contributed by atoms with Crippen molar-refractivity contribution in [1.82, 2.24) is 0 Å². The number of benzene rings is 3. The average Bonchev–Trinajstić information content (AvgIpc) is 2.79. The lowest BCUT2D eigenvalue weighted by Gasteiger charge is -2.08. The monoisotopic (exact) mass is 426 g/mol. The van der Waals surface area contributed by atoms with E-state index in [1.54, 1.807) is 38.1 Å². The molecule has 0 aliphatic carbocycles. The van der Waals surface area contributed by atoms with E-state index in [2.05, 4.69) is 37.4 Å². The third-order valence-corrected chi connectivity index (χ3v) is 4.89. The molecule has 0 unspecified atom stereocenters. The molecule has 0 saturated carbocycles. The molecule has 32 heavy (non-hydrogen) atoms. The van der Waals surface area contributed by atoms with E-state index in [4.69, 9.17) is 9.47 Å². The van der Waals surface area contributed by atoms with Gasteiger partial charge in [0.25, 0.3) is 0 Å². The lowest BCUT2D eigenvalue weighted by atomic mass is 10.0. The number of aryl methyl sites for hydroxylation is 2. The van der Waals surface area contributed by atoms with Gasteiger partial charge in [-0.3, -0.25) is 0 Å². The van der Waals surface area contributed by atoms with Gasteiger partial charge in [0.15, 0.2) is 0 Å². The Labute approximate surface area is 188 Å². The van der Waals surface area contributed by atoms with E-state index in [0.717, 1.165) is 24.0 Å². The molecule has 0 atom stereocenters. The molecule has 3 rings (SSSR count). The Kier molecular flexibility index (Phi) is 7.40. The predicted molar refractivity (Wildman–Crippen MR) is 127 cm³/mol. The molecule has 0 amide bonds. The van der Waals surface area contributed by atoms with Crippen LogP contribution >= 0.6 is 0 Å². The van der Waals surface area contributed by atoms with Crippen LogP contribution in [0.4, 0.5) is 0 Å². The highest BCUT2D eigenvalue weighted by molar-refractivity contribution is 5.89. The van der Waals surface area contributed by atoms with Crippen molar-refractivity contribution >= 4 is 11.9 Å². The summed E-state index contributed by atoms with van der Waals surface area (Å²) in [5.74, 6) is 0.176. The van der Waals surface area contributed by atoms with E-state index in [1.165, 1.54) is 11.1 Å². The molecule has 4 nitrogen and oxygen atoms in total. The summed E-state index contributed by atoms with van der Waals surface area (Å²) in [5.41, 5.74) is 5.29. The van der Waals surface area contributed by atoms with Crippen molar-refractivity contribution in [2.45, 2.75) is 26.7 Å². The maximum Gasteiger partial charge on any atom is 0.338 e. The fourth-order valence-corrected chi connectivity index (χ4v) is 2.98. The Morgan fingerprint density at radius 3 is 1.28 bits per heavy atom. The first kappa shape index (κ1) is 22.8. The first-order valence-corrected chi connectivity index (χ1v) is 10.4. The summed E-state index contributed by atoms with van der Waals surface area (Å²) in [7, 11) is 0. The van der Waals surface area contributed by atoms with Crippen molar-refractivity contribution in [3.05, 3.63) is 108 Å². The molecule has 162 valence electrons. The normalized spacial score (nSPS) is 10.3. The Hall–Kier alpha value is -3.92. The second kappa shape index (κ2) is 10.4. The summed E-state index contributed by atoms with van der Waals surface area (Å²) >= 11 is 0. The zero-order valence-corrected chi connectivity index (χ0v) is 18.4. The van der Waals surface area contributed by atoms with Crippen molar-refractivity contribution in [1.29, 1.82) is 0 Å². The minimum Gasteiger partial charge on any atom is -0.423 e. The van der Waals surface area contributed by atoms with Crippen LogP contribution in [-0.2, 0) is 22.4 Å². The van der Waals surface area contributed by atoms with Gasteiger partial charge in [-0.05, 0) is 73.2 Å². The lowest BCUT2D eigenvalue weighted by Crippen LogP contribution is -2.08. The van der Waals surface area contributed by atoms with Crippen LogP contribution in [0.5, 0.6) is 11.5 Å². The molecule has 0 aliphatic heterocycles. The van der Waals surface area contributed by atoms with Crippen LogP contribution in [-0.4, -0.2) is 11.9 Å². The summed E-state index contributed by atoms with van der Waals surface area (Å²) in [6.45, 7) is 10.4. The number of carbonyl (C=O) groups excluding carboxylic acids is 2. The third-order valence-electron chi connectivity index (χ3n) is 4.89. The van der Waals surface area contributed by atoms with E-state index < -0.39 is 11.9 Å². The summed E-state index contributed by atoms with van der Waals surface area (Å²) in [6, 6.07) is 23.4. The first-order valence-electron chi connectivity index (χ1n) is 10.4. The molecule has 3 aromatic rings. The SMILES string of the molecule is C=C(C)C(=O)Oc1ccc(CCc2ccc(-c3ccc(OC(=O)C(=C)C)cc3)cc2)cc1. The molecule has 0 bridgehead atoms. The van der Waals surface area contributed by atoms with Gasteiger partial charge in [-0.2, -0.15) is 0 Å². The molecular weight excluding hydrogens is 400 g/mol. The number of hydrogen-bond acceptors (Lipinski definition) is 4. The highest BCUT2D eigenvalue weighted by atomic mass is 16.5. The van der Waals surface area contributed by atoms with E-state index in [0.29, 0.717) is 22.6 Å². The quantitative estimate of drug-likeness (QED) is 0.248. The molecule has 0 fully saturated rings. The lowest BCUT2D eigenvalue weighted by molar-refractivity contribution is -0.130. The summed E-state index contributed by atoms with van der Waals surface area (Å²) in [4.78, 5) is 23.2. The van der Waals surface area contributed by atoms with E-state index in [9.17, 15) is 9.59 Å². The first-order chi connectivity index (χ1) is 15.3. The Morgan fingerprint density at radius 2 is 0.906 bits per heavy atom. The summed E-state index contributed by atoms with van der Waals surface area (Å²) < 4.78 is 10.4. The smallest absolute Gasteiger partial charge is 0.338 e. The molecule has 0 heterocycles. The van der Waals surface area contributed by atoms with Crippen molar-refractivity contribution in [2.75, 3.05) is 0 Å². The van der Waals surface area contributed by atoms with Crippen LogP contribution in [0.2, 0.25) is 0 Å². The van der Waals surface area contributed by atoms with Crippen LogP contribution in [0.1, 0.15) is 25.0 Å². The van der Waals surface area contributed by atoms with Crippen LogP contribution in [0.3, 0.4) is 0 Å². The van der Waals surface area contributed by atoms with Crippen LogP contribution in [0, 0.1) is 0 Å². The molecule has 0 radical (unpaired) electrons.